The zero-order valence-corrected chi connectivity index (χ0v) is 7.76. The summed E-state index contributed by atoms with van der Waals surface area (Å²) in [6.07, 6.45) is 0. The van der Waals surface area contributed by atoms with Crippen molar-refractivity contribution < 1.29 is 0 Å². The molecule has 0 aromatic heterocycles. The lowest BCUT2D eigenvalue weighted by molar-refractivity contribution is 0.372. The number of hydrogen-bond donors (Lipinski definition) is 0. The van der Waals surface area contributed by atoms with Crippen LogP contribution in [0, 0.1) is 5.92 Å². The third-order valence-electron chi connectivity index (χ3n) is 2.50. The van der Waals surface area contributed by atoms with Crippen molar-refractivity contribution in [1.82, 2.24) is 4.90 Å². The first kappa shape index (κ1) is 8.06. The van der Waals surface area contributed by atoms with Crippen LogP contribution in [0.25, 0.3) is 0 Å². The predicted octanol–water partition coefficient (Wildman–Crippen LogP) is 2.12. The summed E-state index contributed by atoms with van der Waals surface area (Å²) in [6, 6.07) is 2.43. The van der Waals surface area contributed by atoms with Crippen molar-refractivity contribution in [3.05, 3.63) is 0 Å². The number of nitrogens with zero attached hydrogens (tertiary/aromatic N) is 1. The summed E-state index contributed by atoms with van der Waals surface area (Å²) in [5.41, 5.74) is 0. The molecule has 3 unspecified atom stereocenters. The largest absolute Gasteiger partial charge is 0.292 e. The van der Waals surface area contributed by atoms with E-state index in [9.17, 15) is 0 Å². The smallest absolute Gasteiger partial charge is 0.0278 e. The molecule has 0 amide bonds. The minimum Gasteiger partial charge on any atom is -0.292 e. The van der Waals surface area contributed by atoms with Crippen molar-refractivity contribution in [2.75, 3.05) is 0 Å². The molecular weight excluding hydrogens is 122 g/mol. The van der Waals surface area contributed by atoms with Crippen LogP contribution >= 0.6 is 0 Å². The Bertz CT molecular complexity index is 104. The fraction of sp³-hybridized carbons (Fsp3) is 1.00. The van der Waals surface area contributed by atoms with Gasteiger partial charge in [-0.1, -0.05) is 13.8 Å². The molecule has 1 aliphatic heterocycles. The molecule has 1 aliphatic rings. The SMILES string of the molecule is CC(C)C1C(C)N1C(C)C. The van der Waals surface area contributed by atoms with Crippen molar-refractivity contribution in [3.63, 3.8) is 0 Å². The average molecular weight is 141 g/mol. The lowest BCUT2D eigenvalue weighted by atomic mass is 10.1. The molecule has 0 radical (unpaired) electrons. The minimum atomic E-state index is 0.738. The van der Waals surface area contributed by atoms with Gasteiger partial charge in [0, 0.05) is 18.1 Å². The van der Waals surface area contributed by atoms with Gasteiger partial charge in [-0.15, -0.1) is 0 Å². The van der Waals surface area contributed by atoms with Crippen LogP contribution in [0.5, 0.6) is 0 Å². The average Bonchev–Trinajstić information content (AvgIpc) is 2.40. The Morgan fingerprint density at radius 1 is 1.10 bits per heavy atom. The van der Waals surface area contributed by atoms with E-state index in [0.717, 1.165) is 24.0 Å². The summed E-state index contributed by atoms with van der Waals surface area (Å²) in [4.78, 5) is 2.57. The molecule has 1 fully saturated rings. The van der Waals surface area contributed by atoms with Gasteiger partial charge in [-0.3, -0.25) is 4.90 Å². The summed E-state index contributed by atoms with van der Waals surface area (Å²) in [7, 11) is 0. The van der Waals surface area contributed by atoms with E-state index in [0.29, 0.717) is 0 Å². The quantitative estimate of drug-likeness (QED) is 0.532. The molecule has 1 heterocycles. The van der Waals surface area contributed by atoms with Crippen LogP contribution in [-0.4, -0.2) is 23.0 Å². The van der Waals surface area contributed by atoms with E-state index in [-0.39, 0.29) is 0 Å². The van der Waals surface area contributed by atoms with Gasteiger partial charge in [0.15, 0.2) is 0 Å². The molecule has 0 spiro atoms. The van der Waals surface area contributed by atoms with Crippen molar-refractivity contribution in [3.8, 4) is 0 Å². The zero-order valence-electron chi connectivity index (χ0n) is 7.76. The minimum absolute atomic E-state index is 0.738. The number of rotatable bonds is 2. The maximum Gasteiger partial charge on any atom is 0.0278 e. The molecule has 0 bridgehead atoms. The van der Waals surface area contributed by atoms with Crippen LogP contribution in [0.1, 0.15) is 34.6 Å². The number of hydrogen-bond acceptors (Lipinski definition) is 1. The first-order chi connectivity index (χ1) is 4.55. The van der Waals surface area contributed by atoms with Gasteiger partial charge in [0.2, 0.25) is 0 Å². The summed E-state index contributed by atoms with van der Waals surface area (Å²) in [5, 5.41) is 0. The fourth-order valence-electron chi connectivity index (χ4n) is 2.11. The Kier molecular flexibility index (Phi) is 2.04. The third kappa shape index (κ3) is 1.20. The van der Waals surface area contributed by atoms with E-state index in [2.05, 4.69) is 39.5 Å². The summed E-state index contributed by atoms with van der Waals surface area (Å²) < 4.78 is 0. The van der Waals surface area contributed by atoms with Gasteiger partial charge in [-0.25, -0.2) is 0 Å². The molecule has 0 N–H and O–H groups in total. The van der Waals surface area contributed by atoms with E-state index in [1.165, 1.54) is 0 Å². The molecule has 0 aromatic carbocycles. The van der Waals surface area contributed by atoms with Gasteiger partial charge in [0.25, 0.3) is 0 Å². The topological polar surface area (TPSA) is 3.01 Å². The molecule has 0 aromatic rings. The normalized spacial score (nSPS) is 39.3. The highest BCUT2D eigenvalue weighted by Gasteiger charge is 2.46. The van der Waals surface area contributed by atoms with Gasteiger partial charge in [-0.2, -0.15) is 0 Å². The second-order valence-corrected chi connectivity index (χ2v) is 4.02. The van der Waals surface area contributed by atoms with Crippen molar-refractivity contribution in [2.24, 2.45) is 5.92 Å². The molecule has 1 rings (SSSR count). The van der Waals surface area contributed by atoms with E-state index in [1.807, 2.05) is 0 Å². The van der Waals surface area contributed by atoms with E-state index in [1.54, 1.807) is 0 Å². The fourth-order valence-corrected chi connectivity index (χ4v) is 2.11. The molecule has 1 nitrogen and oxygen atoms in total. The molecule has 0 saturated carbocycles. The lowest BCUT2D eigenvalue weighted by Gasteiger charge is -2.08. The van der Waals surface area contributed by atoms with Crippen LogP contribution < -0.4 is 0 Å². The second-order valence-electron chi connectivity index (χ2n) is 4.02. The Hall–Kier alpha value is -0.0400. The standard InChI is InChI=1S/C9H19N/c1-6(2)9-8(5)10(9)7(3)4/h6-9H,1-5H3. The highest BCUT2D eigenvalue weighted by Crippen LogP contribution is 2.35. The van der Waals surface area contributed by atoms with Crippen LogP contribution in [0.15, 0.2) is 0 Å². The molecule has 0 aliphatic carbocycles. The Balaban J connectivity index is 2.41. The zero-order chi connectivity index (χ0) is 7.89. The van der Waals surface area contributed by atoms with Crippen LogP contribution in [0.2, 0.25) is 0 Å². The maximum absolute atomic E-state index is 2.57. The highest BCUT2D eigenvalue weighted by atomic mass is 15.4. The Morgan fingerprint density at radius 2 is 1.60 bits per heavy atom. The van der Waals surface area contributed by atoms with Crippen molar-refractivity contribution in [1.29, 1.82) is 0 Å². The predicted molar refractivity (Wildman–Crippen MR) is 45.1 cm³/mol. The summed E-state index contributed by atoms with van der Waals surface area (Å²) in [6.45, 7) is 11.5. The monoisotopic (exact) mass is 141 g/mol. The van der Waals surface area contributed by atoms with Crippen LogP contribution in [0.3, 0.4) is 0 Å². The summed E-state index contributed by atoms with van der Waals surface area (Å²) in [5.74, 6) is 0.831. The highest BCUT2D eigenvalue weighted by molar-refractivity contribution is 5.02. The van der Waals surface area contributed by atoms with Gasteiger partial charge >= 0.3 is 0 Å². The summed E-state index contributed by atoms with van der Waals surface area (Å²) >= 11 is 0. The second kappa shape index (κ2) is 2.54. The van der Waals surface area contributed by atoms with Gasteiger partial charge < -0.3 is 0 Å². The Labute approximate surface area is 64.4 Å². The molecular formula is C9H19N. The van der Waals surface area contributed by atoms with Crippen LogP contribution in [0.4, 0.5) is 0 Å². The van der Waals surface area contributed by atoms with Gasteiger partial charge in [-0.05, 0) is 26.7 Å². The van der Waals surface area contributed by atoms with E-state index in [4.69, 9.17) is 0 Å². The van der Waals surface area contributed by atoms with Gasteiger partial charge in [0.1, 0.15) is 0 Å². The van der Waals surface area contributed by atoms with E-state index < -0.39 is 0 Å². The maximum atomic E-state index is 2.57. The molecule has 1 saturated heterocycles. The third-order valence-corrected chi connectivity index (χ3v) is 2.50. The lowest BCUT2D eigenvalue weighted by Crippen LogP contribution is -2.15. The molecule has 10 heavy (non-hydrogen) atoms. The van der Waals surface area contributed by atoms with Crippen molar-refractivity contribution >= 4 is 0 Å². The molecule has 60 valence electrons. The van der Waals surface area contributed by atoms with Gasteiger partial charge in [0.05, 0.1) is 0 Å². The molecule has 3 atom stereocenters. The first-order valence-electron chi connectivity index (χ1n) is 4.33. The van der Waals surface area contributed by atoms with Crippen molar-refractivity contribution in [2.45, 2.75) is 52.7 Å². The van der Waals surface area contributed by atoms with Crippen LogP contribution in [-0.2, 0) is 0 Å². The Morgan fingerprint density at radius 3 is 1.70 bits per heavy atom. The molecule has 1 heteroatoms. The van der Waals surface area contributed by atoms with E-state index >= 15 is 0 Å². The first-order valence-corrected chi connectivity index (χ1v) is 4.33.